The molecule has 0 saturated carbocycles. The first kappa shape index (κ1) is 20.2. The summed E-state index contributed by atoms with van der Waals surface area (Å²) in [6.45, 7) is 3.68. The van der Waals surface area contributed by atoms with E-state index >= 15 is 0 Å². The number of esters is 3. The molecule has 0 aromatic heterocycles. The number of benzene rings is 2. The van der Waals surface area contributed by atoms with Crippen LogP contribution in [0.5, 0.6) is 17.2 Å². The van der Waals surface area contributed by atoms with E-state index in [9.17, 15) is 14.4 Å². The highest BCUT2D eigenvalue weighted by Crippen LogP contribution is 2.37. The van der Waals surface area contributed by atoms with Gasteiger partial charge in [0.15, 0.2) is 11.5 Å². The van der Waals surface area contributed by atoms with Crippen LogP contribution < -0.4 is 14.2 Å². The van der Waals surface area contributed by atoms with E-state index < -0.39 is 17.9 Å². The number of ether oxygens (including phenoxy) is 3. The van der Waals surface area contributed by atoms with Gasteiger partial charge in [-0.15, -0.1) is 0 Å². The summed E-state index contributed by atoms with van der Waals surface area (Å²) in [6.07, 6.45) is 3.38. The third-order valence-corrected chi connectivity index (χ3v) is 3.40. The molecule has 0 N–H and O–H groups in total. The second kappa shape index (κ2) is 9.00. The quantitative estimate of drug-likeness (QED) is 0.432. The first-order valence-electron chi connectivity index (χ1n) is 7.91. The number of halogens is 1. The maximum Gasteiger partial charge on any atom is 0.308 e. The molecule has 0 aliphatic carbocycles. The number of carbonyl (C=O) groups is 3. The van der Waals surface area contributed by atoms with E-state index in [0.717, 1.165) is 5.56 Å². The minimum Gasteiger partial charge on any atom is -0.427 e. The third-order valence-electron chi connectivity index (χ3n) is 3.14. The molecule has 2 aromatic carbocycles. The van der Waals surface area contributed by atoms with E-state index in [2.05, 4.69) is 0 Å². The Balaban J connectivity index is 2.54. The first-order chi connectivity index (χ1) is 12.7. The van der Waals surface area contributed by atoms with Crippen LogP contribution in [0.4, 0.5) is 0 Å². The molecular weight excluding hydrogens is 372 g/mol. The highest BCUT2D eigenvalue weighted by molar-refractivity contribution is 6.30. The predicted molar refractivity (Wildman–Crippen MR) is 101 cm³/mol. The van der Waals surface area contributed by atoms with Gasteiger partial charge in [-0.05, 0) is 23.8 Å². The molecule has 0 saturated heterocycles. The molecule has 140 valence electrons. The normalized spacial score (nSPS) is 10.5. The van der Waals surface area contributed by atoms with Gasteiger partial charge < -0.3 is 14.2 Å². The molecule has 0 spiro atoms. The standard InChI is InChI=1S/C20H17ClO6/c1-12(22)25-18-10-16(7-4-15-5-8-17(21)9-6-15)20(27-14(3)24)19(11-18)26-13(2)23/h4-11H,1-3H3. The van der Waals surface area contributed by atoms with Crippen LogP contribution in [0.3, 0.4) is 0 Å². The lowest BCUT2D eigenvalue weighted by molar-refractivity contribution is -0.134. The number of rotatable bonds is 5. The maximum absolute atomic E-state index is 11.5. The molecule has 2 aromatic rings. The highest BCUT2D eigenvalue weighted by Gasteiger charge is 2.17. The van der Waals surface area contributed by atoms with Gasteiger partial charge in [0.25, 0.3) is 0 Å². The summed E-state index contributed by atoms with van der Waals surface area (Å²) in [5, 5.41) is 0.599. The molecule has 0 atom stereocenters. The van der Waals surface area contributed by atoms with Crippen LogP contribution in [0.2, 0.25) is 5.02 Å². The molecular formula is C20H17ClO6. The fraction of sp³-hybridized carbons (Fsp3) is 0.150. The number of hydrogen-bond acceptors (Lipinski definition) is 6. The Hall–Kier alpha value is -3.12. The van der Waals surface area contributed by atoms with Crippen molar-refractivity contribution < 1.29 is 28.6 Å². The zero-order valence-corrected chi connectivity index (χ0v) is 15.7. The van der Waals surface area contributed by atoms with E-state index in [-0.39, 0.29) is 17.2 Å². The molecule has 0 unspecified atom stereocenters. The Morgan fingerprint density at radius 3 is 1.96 bits per heavy atom. The van der Waals surface area contributed by atoms with Crippen molar-refractivity contribution in [1.82, 2.24) is 0 Å². The van der Waals surface area contributed by atoms with Gasteiger partial charge in [0.05, 0.1) is 0 Å². The summed E-state index contributed by atoms with van der Waals surface area (Å²) >= 11 is 5.87. The first-order valence-corrected chi connectivity index (χ1v) is 8.29. The molecule has 0 radical (unpaired) electrons. The molecule has 0 heterocycles. The van der Waals surface area contributed by atoms with Crippen LogP contribution in [0.15, 0.2) is 36.4 Å². The highest BCUT2D eigenvalue weighted by atomic mass is 35.5. The largest absolute Gasteiger partial charge is 0.427 e. The van der Waals surface area contributed by atoms with Crippen LogP contribution in [-0.2, 0) is 14.4 Å². The van der Waals surface area contributed by atoms with Crippen molar-refractivity contribution in [1.29, 1.82) is 0 Å². The summed E-state index contributed by atoms with van der Waals surface area (Å²) in [4.78, 5) is 34.2. The fourth-order valence-electron chi connectivity index (χ4n) is 2.19. The Morgan fingerprint density at radius 2 is 1.41 bits per heavy atom. The van der Waals surface area contributed by atoms with Crippen molar-refractivity contribution in [2.45, 2.75) is 20.8 Å². The minimum absolute atomic E-state index is 0.0350. The summed E-state index contributed by atoms with van der Waals surface area (Å²) in [5.41, 5.74) is 1.22. The average Bonchev–Trinajstić information content (AvgIpc) is 2.55. The molecule has 0 amide bonds. The number of hydrogen-bond donors (Lipinski definition) is 0. The zero-order valence-electron chi connectivity index (χ0n) is 14.9. The van der Waals surface area contributed by atoms with Gasteiger partial charge in [-0.25, -0.2) is 0 Å². The lowest BCUT2D eigenvalue weighted by Crippen LogP contribution is -2.09. The topological polar surface area (TPSA) is 78.9 Å². The van der Waals surface area contributed by atoms with Gasteiger partial charge in [-0.3, -0.25) is 14.4 Å². The minimum atomic E-state index is -0.615. The van der Waals surface area contributed by atoms with E-state index in [1.807, 2.05) is 0 Å². The Labute approximate surface area is 161 Å². The van der Waals surface area contributed by atoms with Crippen LogP contribution in [0.1, 0.15) is 31.9 Å². The molecule has 6 nitrogen and oxygen atoms in total. The molecule has 27 heavy (non-hydrogen) atoms. The van der Waals surface area contributed by atoms with Crippen molar-refractivity contribution in [3.63, 3.8) is 0 Å². The maximum atomic E-state index is 11.5. The van der Waals surface area contributed by atoms with Gasteiger partial charge in [0.1, 0.15) is 5.75 Å². The summed E-state index contributed by atoms with van der Waals surface area (Å²) in [5.74, 6) is -1.60. The Morgan fingerprint density at radius 1 is 0.815 bits per heavy atom. The second-order valence-corrected chi connectivity index (χ2v) is 5.94. The molecule has 0 aliphatic rings. The molecule has 0 fully saturated rings. The van der Waals surface area contributed by atoms with Gasteiger partial charge >= 0.3 is 17.9 Å². The summed E-state index contributed by atoms with van der Waals surface area (Å²) < 4.78 is 15.4. The van der Waals surface area contributed by atoms with Crippen molar-refractivity contribution >= 4 is 41.7 Å². The van der Waals surface area contributed by atoms with Gasteiger partial charge in [0, 0.05) is 37.4 Å². The zero-order chi connectivity index (χ0) is 20.0. The Kier molecular flexibility index (Phi) is 6.73. The third kappa shape index (κ3) is 6.27. The SMILES string of the molecule is CC(=O)Oc1cc(C=Cc2ccc(Cl)cc2)c(OC(C)=O)c(OC(C)=O)c1. The average molecular weight is 389 g/mol. The summed E-state index contributed by atoms with van der Waals surface area (Å²) in [7, 11) is 0. The molecule has 2 rings (SSSR count). The van der Waals surface area contributed by atoms with E-state index in [1.165, 1.54) is 32.9 Å². The smallest absolute Gasteiger partial charge is 0.308 e. The Bertz CT molecular complexity index is 899. The van der Waals surface area contributed by atoms with E-state index in [0.29, 0.717) is 10.6 Å². The lowest BCUT2D eigenvalue weighted by Gasteiger charge is -2.13. The van der Waals surface area contributed by atoms with Crippen LogP contribution in [-0.4, -0.2) is 17.9 Å². The monoisotopic (exact) mass is 388 g/mol. The molecule has 7 heteroatoms. The predicted octanol–water partition coefficient (Wildman–Crippen LogP) is 4.29. The van der Waals surface area contributed by atoms with Gasteiger partial charge in [-0.2, -0.15) is 0 Å². The molecule has 0 bridgehead atoms. The number of carbonyl (C=O) groups excluding carboxylic acids is 3. The molecule has 0 aliphatic heterocycles. The summed E-state index contributed by atoms with van der Waals surface area (Å²) in [6, 6.07) is 9.86. The van der Waals surface area contributed by atoms with Crippen LogP contribution in [0, 0.1) is 0 Å². The van der Waals surface area contributed by atoms with E-state index in [1.54, 1.807) is 36.4 Å². The second-order valence-electron chi connectivity index (χ2n) is 5.51. The fourth-order valence-corrected chi connectivity index (χ4v) is 2.32. The van der Waals surface area contributed by atoms with E-state index in [4.69, 9.17) is 25.8 Å². The van der Waals surface area contributed by atoms with Gasteiger partial charge in [-0.1, -0.05) is 35.9 Å². The van der Waals surface area contributed by atoms with Crippen LogP contribution in [0.25, 0.3) is 12.2 Å². The van der Waals surface area contributed by atoms with Crippen LogP contribution >= 0.6 is 11.6 Å². The van der Waals surface area contributed by atoms with Gasteiger partial charge in [0.2, 0.25) is 0 Å². The van der Waals surface area contributed by atoms with Crippen molar-refractivity contribution in [2.24, 2.45) is 0 Å². The van der Waals surface area contributed by atoms with Crippen molar-refractivity contribution in [2.75, 3.05) is 0 Å². The van der Waals surface area contributed by atoms with Crippen molar-refractivity contribution in [3.05, 3.63) is 52.5 Å². The lowest BCUT2D eigenvalue weighted by atomic mass is 10.1. The van der Waals surface area contributed by atoms with Crippen molar-refractivity contribution in [3.8, 4) is 17.2 Å².